The van der Waals surface area contributed by atoms with Gasteiger partial charge in [-0.1, -0.05) is 18.9 Å². The van der Waals surface area contributed by atoms with Gasteiger partial charge in [-0.3, -0.25) is 0 Å². The molecule has 0 radical (unpaired) electrons. The van der Waals surface area contributed by atoms with Gasteiger partial charge >= 0.3 is 0 Å². The largest absolute Gasteiger partial charge is 0.382 e. The maximum absolute atomic E-state index is 5.37. The summed E-state index contributed by atoms with van der Waals surface area (Å²) < 4.78 is 5.37. The van der Waals surface area contributed by atoms with Crippen LogP contribution in [0.3, 0.4) is 0 Å². The van der Waals surface area contributed by atoms with Crippen LogP contribution in [0.5, 0.6) is 0 Å². The average molecular weight is 376 g/mol. The molecule has 0 atom stereocenters. The highest BCUT2D eigenvalue weighted by Crippen LogP contribution is 2.17. The summed E-state index contributed by atoms with van der Waals surface area (Å²) in [4.78, 5) is 11.8. The minimum atomic E-state index is 0.640. The maximum atomic E-state index is 5.37. The standard InChI is InChI=1S/C21H37N5O/c1-3-22-21(23-13-7-10-16-27-4-2)25-18-19-11-12-20(24-17-19)26-14-8-5-6-9-15-26/h11-12,17H,3-10,13-16,18H2,1-2H3,(H2,22,23,25). The minimum absolute atomic E-state index is 0.640. The quantitative estimate of drug-likeness (QED) is 0.373. The Morgan fingerprint density at radius 3 is 2.59 bits per heavy atom. The molecule has 2 N–H and O–H groups in total. The molecular weight excluding hydrogens is 338 g/mol. The van der Waals surface area contributed by atoms with Gasteiger partial charge in [0.05, 0.1) is 6.54 Å². The second-order valence-corrected chi connectivity index (χ2v) is 6.95. The lowest BCUT2D eigenvalue weighted by atomic mass is 10.2. The number of ether oxygens (including phenoxy) is 1. The number of hydrogen-bond acceptors (Lipinski definition) is 4. The van der Waals surface area contributed by atoms with Crippen LogP contribution in [-0.4, -0.2) is 50.3 Å². The van der Waals surface area contributed by atoms with Gasteiger partial charge in [0.2, 0.25) is 0 Å². The Labute approximate surface area is 164 Å². The highest BCUT2D eigenvalue weighted by molar-refractivity contribution is 5.79. The Hall–Kier alpha value is -1.82. The number of anilines is 1. The zero-order chi connectivity index (χ0) is 19.2. The fourth-order valence-electron chi connectivity index (χ4n) is 3.19. The first-order valence-corrected chi connectivity index (χ1v) is 10.6. The lowest BCUT2D eigenvalue weighted by molar-refractivity contribution is 0.143. The van der Waals surface area contributed by atoms with E-state index in [1.54, 1.807) is 0 Å². The molecule has 6 heteroatoms. The number of hydrogen-bond donors (Lipinski definition) is 2. The number of rotatable bonds is 10. The van der Waals surface area contributed by atoms with Crippen LogP contribution < -0.4 is 15.5 Å². The third-order valence-corrected chi connectivity index (χ3v) is 4.72. The van der Waals surface area contributed by atoms with E-state index in [2.05, 4.69) is 44.6 Å². The summed E-state index contributed by atoms with van der Waals surface area (Å²) in [7, 11) is 0. The van der Waals surface area contributed by atoms with Gasteiger partial charge in [0.25, 0.3) is 0 Å². The van der Waals surface area contributed by atoms with Crippen LogP contribution in [0, 0.1) is 0 Å². The molecule has 27 heavy (non-hydrogen) atoms. The van der Waals surface area contributed by atoms with E-state index < -0.39 is 0 Å². The van der Waals surface area contributed by atoms with E-state index >= 15 is 0 Å². The molecule has 1 aliphatic heterocycles. The smallest absolute Gasteiger partial charge is 0.191 e. The molecule has 152 valence electrons. The molecule has 1 aromatic rings. The van der Waals surface area contributed by atoms with E-state index in [0.717, 1.165) is 69.6 Å². The molecule has 0 aromatic carbocycles. The van der Waals surface area contributed by atoms with E-state index in [1.165, 1.54) is 25.7 Å². The second kappa shape index (κ2) is 13.4. The van der Waals surface area contributed by atoms with Crippen LogP contribution in [-0.2, 0) is 11.3 Å². The third kappa shape index (κ3) is 8.61. The molecule has 1 saturated heterocycles. The number of aliphatic imine (C=N–C) groups is 1. The summed E-state index contributed by atoms with van der Waals surface area (Å²) in [5.41, 5.74) is 1.14. The molecule has 6 nitrogen and oxygen atoms in total. The van der Waals surface area contributed by atoms with Crippen molar-refractivity contribution in [2.75, 3.05) is 44.3 Å². The van der Waals surface area contributed by atoms with Crippen LogP contribution in [0.2, 0.25) is 0 Å². The number of unbranched alkanes of at least 4 members (excludes halogenated alkanes) is 1. The Kier molecular flexibility index (Phi) is 10.6. The van der Waals surface area contributed by atoms with Crippen LogP contribution in [0.25, 0.3) is 0 Å². The zero-order valence-corrected chi connectivity index (χ0v) is 17.2. The predicted molar refractivity (Wildman–Crippen MR) is 113 cm³/mol. The van der Waals surface area contributed by atoms with Gasteiger partial charge in [-0.05, 0) is 51.2 Å². The van der Waals surface area contributed by atoms with E-state index in [9.17, 15) is 0 Å². The Morgan fingerprint density at radius 1 is 1.11 bits per heavy atom. The SMILES string of the molecule is CCNC(=NCc1ccc(N2CCCCCC2)nc1)NCCCCOCC. The maximum Gasteiger partial charge on any atom is 0.191 e. The van der Waals surface area contributed by atoms with Crippen molar-refractivity contribution in [1.82, 2.24) is 15.6 Å². The van der Waals surface area contributed by atoms with E-state index in [4.69, 9.17) is 4.74 Å². The first-order chi connectivity index (χ1) is 13.3. The van der Waals surface area contributed by atoms with Gasteiger partial charge in [0.15, 0.2) is 5.96 Å². The molecule has 1 fully saturated rings. The van der Waals surface area contributed by atoms with Crippen LogP contribution in [0.4, 0.5) is 5.82 Å². The minimum Gasteiger partial charge on any atom is -0.382 e. The lowest BCUT2D eigenvalue weighted by Crippen LogP contribution is -2.37. The first-order valence-electron chi connectivity index (χ1n) is 10.6. The fourth-order valence-corrected chi connectivity index (χ4v) is 3.19. The molecule has 0 bridgehead atoms. The van der Waals surface area contributed by atoms with Gasteiger partial charge in [-0.25, -0.2) is 9.98 Å². The molecule has 1 aromatic heterocycles. The van der Waals surface area contributed by atoms with Crippen molar-refractivity contribution in [1.29, 1.82) is 0 Å². The zero-order valence-electron chi connectivity index (χ0n) is 17.2. The van der Waals surface area contributed by atoms with Crippen molar-refractivity contribution in [3.05, 3.63) is 23.9 Å². The van der Waals surface area contributed by atoms with Crippen molar-refractivity contribution >= 4 is 11.8 Å². The molecule has 0 saturated carbocycles. The molecule has 0 aliphatic carbocycles. The lowest BCUT2D eigenvalue weighted by Gasteiger charge is -2.21. The van der Waals surface area contributed by atoms with Gasteiger partial charge in [-0.15, -0.1) is 0 Å². The van der Waals surface area contributed by atoms with Crippen LogP contribution in [0.1, 0.15) is 57.9 Å². The van der Waals surface area contributed by atoms with Crippen molar-refractivity contribution in [2.45, 2.75) is 58.9 Å². The average Bonchev–Trinajstić information content (AvgIpc) is 2.98. The normalized spacial score (nSPS) is 15.5. The van der Waals surface area contributed by atoms with Crippen LogP contribution >= 0.6 is 0 Å². The van der Waals surface area contributed by atoms with Gasteiger partial charge in [-0.2, -0.15) is 0 Å². The van der Waals surface area contributed by atoms with Crippen molar-refractivity contribution in [3.8, 4) is 0 Å². The summed E-state index contributed by atoms with van der Waals surface area (Å²) in [6.07, 6.45) is 9.35. The van der Waals surface area contributed by atoms with E-state index in [0.29, 0.717) is 6.54 Å². The molecular formula is C21H37N5O. The molecule has 0 spiro atoms. The summed E-state index contributed by atoms with van der Waals surface area (Å²) >= 11 is 0. The molecule has 1 aliphatic rings. The van der Waals surface area contributed by atoms with E-state index in [1.807, 2.05) is 13.1 Å². The molecule has 0 amide bonds. The fraction of sp³-hybridized carbons (Fsp3) is 0.714. The van der Waals surface area contributed by atoms with Crippen molar-refractivity contribution < 1.29 is 4.74 Å². The molecule has 2 rings (SSSR count). The summed E-state index contributed by atoms with van der Waals surface area (Å²) in [6, 6.07) is 4.30. The van der Waals surface area contributed by atoms with Crippen molar-refractivity contribution in [3.63, 3.8) is 0 Å². The number of nitrogens with zero attached hydrogens (tertiary/aromatic N) is 3. The second-order valence-electron chi connectivity index (χ2n) is 6.95. The highest BCUT2D eigenvalue weighted by Gasteiger charge is 2.10. The summed E-state index contributed by atoms with van der Waals surface area (Å²) in [5.74, 6) is 1.97. The predicted octanol–water partition coefficient (Wildman–Crippen LogP) is 3.33. The highest BCUT2D eigenvalue weighted by atomic mass is 16.5. The Morgan fingerprint density at radius 2 is 1.93 bits per heavy atom. The number of nitrogens with one attached hydrogen (secondary N) is 2. The van der Waals surface area contributed by atoms with Gasteiger partial charge < -0.3 is 20.3 Å². The van der Waals surface area contributed by atoms with E-state index in [-0.39, 0.29) is 0 Å². The third-order valence-electron chi connectivity index (χ3n) is 4.72. The van der Waals surface area contributed by atoms with Crippen LogP contribution in [0.15, 0.2) is 23.3 Å². The number of guanidine groups is 1. The summed E-state index contributed by atoms with van der Waals surface area (Å²) in [6.45, 7) is 10.4. The number of pyridine rings is 1. The Bertz CT molecular complexity index is 524. The summed E-state index contributed by atoms with van der Waals surface area (Å²) in [5, 5.41) is 6.70. The van der Waals surface area contributed by atoms with Gasteiger partial charge in [0, 0.05) is 45.6 Å². The van der Waals surface area contributed by atoms with Crippen molar-refractivity contribution in [2.24, 2.45) is 4.99 Å². The number of aromatic nitrogens is 1. The first kappa shape index (κ1) is 21.5. The molecule has 0 unspecified atom stereocenters. The monoisotopic (exact) mass is 375 g/mol. The Balaban J connectivity index is 1.79. The topological polar surface area (TPSA) is 61.8 Å². The molecule has 2 heterocycles. The van der Waals surface area contributed by atoms with Gasteiger partial charge in [0.1, 0.15) is 5.82 Å².